The van der Waals surface area contributed by atoms with E-state index in [0.717, 1.165) is 0 Å². The van der Waals surface area contributed by atoms with E-state index in [4.69, 9.17) is 34.2 Å². The summed E-state index contributed by atoms with van der Waals surface area (Å²) in [5.74, 6) is -3.50. The van der Waals surface area contributed by atoms with Gasteiger partial charge in [-0.05, 0) is 40.5 Å². The second-order valence-electron chi connectivity index (χ2n) is 13.1. The van der Waals surface area contributed by atoms with Crippen molar-refractivity contribution in [3.05, 3.63) is 11.8 Å². The average molecular weight is 580 g/mol. The third kappa shape index (κ3) is 4.36. The van der Waals surface area contributed by atoms with E-state index in [1.165, 1.54) is 27.7 Å². The monoisotopic (exact) mass is 579 g/mol. The van der Waals surface area contributed by atoms with Crippen LogP contribution in [0.1, 0.15) is 61.3 Å². The van der Waals surface area contributed by atoms with E-state index >= 15 is 0 Å². The first kappa shape index (κ1) is 29.8. The molecule has 0 amide bonds. The number of aliphatic hydroxyl groups is 1. The minimum absolute atomic E-state index is 0.113. The highest BCUT2D eigenvalue weighted by Crippen LogP contribution is 2.77. The van der Waals surface area contributed by atoms with Crippen LogP contribution in [0.2, 0.25) is 0 Å². The number of esters is 4. The topological polar surface area (TPSA) is 170 Å². The van der Waals surface area contributed by atoms with Gasteiger partial charge in [-0.1, -0.05) is 6.92 Å². The minimum atomic E-state index is -1.33. The van der Waals surface area contributed by atoms with Gasteiger partial charge in [-0.15, -0.1) is 0 Å². The lowest BCUT2D eigenvalue weighted by atomic mass is 9.61. The Labute approximate surface area is 239 Å². The zero-order valence-corrected chi connectivity index (χ0v) is 24.6. The Morgan fingerprint density at radius 2 is 1.88 bits per heavy atom. The Morgan fingerprint density at radius 3 is 2.51 bits per heavy atom. The van der Waals surface area contributed by atoms with Crippen molar-refractivity contribution in [3.63, 3.8) is 0 Å². The van der Waals surface area contributed by atoms with E-state index in [1.807, 2.05) is 6.92 Å². The molecule has 12 nitrogen and oxygen atoms in total. The Balaban J connectivity index is 1.42. The number of ether oxygens (including phenoxy) is 6. The van der Waals surface area contributed by atoms with Crippen molar-refractivity contribution < 1.29 is 52.7 Å². The molecule has 1 unspecified atom stereocenters. The highest BCUT2D eigenvalue weighted by atomic mass is 16.7. The predicted molar refractivity (Wildman–Crippen MR) is 139 cm³/mol. The lowest BCUT2D eigenvalue weighted by molar-refractivity contribution is -0.215. The zero-order chi connectivity index (χ0) is 30.2. The summed E-state index contributed by atoms with van der Waals surface area (Å²) in [7, 11) is 0. The minimum Gasteiger partial charge on any atom is -0.472 e. The van der Waals surface area contributed by atoms with Gasteiger partial charge in [0, 0.05) is 48.5 Å². The molecule has 2 aliphatic heterocycles. The predicted octanol–water partition coefficient (Wildman–Crippen LogP) is 1.36. The lowest BCUT2D eigenvalue weighted by Crippen LogP contribution is -2.60. The van der Waals surface area contributed by atoms with Crippen LogP contribution in [0.25, 0.3) is 0 Å². The highest BCUT2D eigenvalue weighted by molar-refractivity contribution is 5.83. The second-order valence-corrected chi connectivity index (χ2v) is 13.1. The molecule has 0 aromatic heterocycles. The molecule has 3 saturated carbocycles. The molecule has 3 bridgehead atoms. The molecule has 1 saturated heterocycles. The summed E-state index contributed by atoms with van der Waals surface area (Å²) in [4.78, 5) is 49.7. The number of hydrogen-bond acceptors (Lipinski definition) is 12. The molecule has 1 spiro atoms. The summed E-state index contributed by atoms with van der Waals surface area (Å²) >= 11 is 0. The highest BCUT2D eigenvalue weighted by Gasteiger charge is 2.82. The van der Waals surface area contributed by atoms with Gasteiger partial charge in [-0.2, -0.15) is 0 Å². The standard InChI is InChI=1S/C29H41NO11/c1-12(13(2)38-14(3)31)10-36-25-16-8-19(33)22-28(7)17-9-29(16,22)18(11-37-25)21(40-26(28)35)20(17)39-24(34)23(30)27(5,6)41-15(4)32/h11-13,16-17,19-23,25,33H,8-10,30H2,1-7H3/t12-,13+,16-,17+,19-,20?,21-,22+,23-,25-,28-,29+/m1/s1. The molecule has 0 aromatic rings. The molecule has 12 atom stereocenters. The summed E-state index contributed by atoms with van der Waals surface area (Å²) in [6.45, 7) is 11.4. The van der Waals surface area contributed by atoms with Crippen LogP contribution < -0.4 is 5.73 Å². The van der Waals surface area contributed by atoms with Gasteiger partial charge >= 0.3 is 23.9 Å². The molecule has 4 fully saturated rings. The van der Waals surface area contributed by atoms with Crippen molar-refractivity contribution in [1.29, 1.82) is 0 Å². The third-order valence-corrected chi connectivity index (χ3v) is 10.3. The largest absolute Gasteiger partial charge is 0.472 e. The lowest BCUT2D eigenvalue weighted by Gasteiger charge is -2.51. The Hall–Kier alpha value is -2.70. The second kappa shape index (κ2) is 9.95. The van der Waals surface area contributed by atoms with Crippen LogP contribution in [0.3, 0.4) is 0 Å². The number of carbonyl (C=O) groups is 4. The van der Waals surface area contributed by atoms with Crippen LogP contribution in [0.5, 0.6) is 0 Å². The normalized spacial score (nSPS) is 40.4. The molecule has 0 aromatic carbocycles. The van der Waals surface area contributed by atoms with E-state index in [9.17, 15) is 24.3 Å². The summed E-state index contributed by atoms with van der Waals surface area (Å²) in [6, 6.07) is -1.28. The van der Waals surface area contributed by atoms with Gasteiger partial charge in [0.2, 0.25) is 6.29 Å². The summed E-state index contributed by atoms with van der Waals surface area (Å²) in [6.07, 6.45) is -1.28. The fourth-order valence-electron chi connectivity index (χ4n) is 8.22. The van der Waals surface area contributed by atoms with Gasteiger partial charge in [-0.3, -0.25) is 19.2 Å². The zero-order valence-electron chi connectivity index (χ0n) is 24.6. The maximum Gasteiger partial charge on any atom is 0.327 e. The van der Waals surface area contributed by atoms with Crippen molar-refractivity contribution in [2.24, 2.45) is 40.2 Å². The van der Waals surface area contributed by atoms with Gasteiger partial charge < -0.3 is 39.3 Å². The fourth-order valence-corrected chi connectivity index (χ4v) is 8.22. The Bertz CT molecular complexity index is 1170. The van der Waals surface area contributed by atoms with Crippen molar-refractivity contribution in [1.82, 2.24) is 0 Å². The van der Waals surface area contributed by atoms with Gasteiger partial charge in [0.05, 0.1) is 24.4 Å². The summed E-state index contributed by atoms with van der Waals surface area (Å²) in [5, 5.41) is 11.4. The first-order valence-corrected chi connectivity index (χ1v) is 14.2. The summed E-state index contributed by atoms with van der Waals surface area (Å²) in [5.41, 5.74) is 3.74. The fraction of sp³-hybridized carbons (Fsp3) is 0.793. The van der Waals surface area contributed by atoms with Gasteiger partial charge in [-0.25, -0.2) is 0 Å². The van der Waals surface area contributed by atoms with Crippen LogP contribution in [0, 0.1) is 34.5 Å². The van der Waals surface area contributed by atoms with Crippen molar-refractivity contribution in [2.75, 3.05) is 6.61 Å². The van der Waals surface area contributed by atoms with E-state index in [0.29, 0.717) is 18.4 Å². The molecule has 0 radical (unpaired) electrons. The van der Waals surface area contributed by atoms with Gasteiger partial charge in [0.25, 0.3) is 0 Å². The molecule has 5 rings (SSSR count). The van der Waals surface area contributed by atoms with Crippen LogP contribution in [-0.4, -0.2) is 77.9 Å². The quantitative estimate of drug-likeness (QED) is 0.297. The SMILES string of the molecule is CC(=O)O[C@@H](C)[C@H](C)CO[C@@H]1OC=C2[C@H]3OC(=O)[C@]4(C)[C@@H](C[C@]25[C@@H]1C[C@@H](O)[C@@H]45)C3OC(=O)[C@@H](N)C(C)(C)OC(C)=O. The molecular formula is C29H41NO11. The first-order chi connectivity index (χ1) is 19.1. The smallest absolute Gasteiger partial charge is 0.327 e. The van der Waals surface area contributed by atoms with Crippen molar-refractivity contribution >= 4 is 23.9 Å². The first-order valence-electron chi connectivity index (χ1n) is 14.2. The van der Waals surface area contributed by atoms with Crippen LogP contribution in [0.15, 0.2) is 11.8 Å². The molecule has 228 valence electrons. The Morgan fingerprint density at radius 1 is 1.20 bits per heavy atom. The van der Waals surface area contributed by atoms with Crippen molar-refractivity contribution in [3.8, 4) is 0 Å². The van der Waals surface area contributed by atoms with E-state index in [-0.39, 0.29) is 30.5 Å². The molecular weight excluding hydrogens is 538 g/mol. The Kier molecular flexibility index (Phi) is 7.22. The molecule has 3 N–H and O–H groups in total. The number of rotatable bonds is 9. The molecule has 5 aliphatic rings. The number of nitrogens with two attached hydrogens (primary N) is 1. The summed E-state index contributed by atoms with van der Waals surface area (Å²) < 4.78 is 34.7. The van der Waals surface area contributed by atoms with Gasteiger partial charge in [0.15, 0.2) is 6.10 Å². The van der Waals surface area contributed by atoms with Crippen LogP contribution >= 0.6 is 0 Å². The van der Waals surface area contributed by atoms with E-state index in [2.05, 4.69) is 0 Å². The molecule has 12 heteroatoms. The van der Waals surface area contributed by atoms with E-state index < -0.39 is 76.8 Å². The number of aliphatic hydroxyl groups excluding tert-OH is 1. The van der Waals surface area contributed by atoms with Gasteiger partial charge in [0.1, 0.15) is 23.9 Å². The van der Waals surface area contributed by atoms with Crippen LogP contribution in [-0.2, 0) is 47.6 Å². The number of carbonyl (C=O) groups excluding carboxylic acids is 4. The molecule has 41 heavy (non-hydrogen) atoms. The molecule has 3 aliphatic carbocycles. The maximum atomic E-state index is 13.5. The van der Waals surface area contributed by atoms with Crippen LogP contribution in [0.4, 0.5) is 0 Å². The number of fused-ring (bicyclic) bond motifs is 3. The van der Waals surface area contributed by atoms with Crippen molar-refractivity contribution in [2.45, 2.75) is 104 Å². The average Bonchev–Trinajstić information content (AvgIpc) is 3.27. The maximum absolute atomic E-state index is 13.5. The third-order valence-electron chi connectivity index (χ3n) is 10.3. The number of hydrogen-bond donors (Lipinski definition) is 2. The van der Waals surface area contributed by atoms with E-state index in [1.54, 1.807) is 20.1 Å². The molecule has 2 heterocycles.